The number of alkyl halides is 3. The van der Waals surface area contributed by atoms with Gasteiger partial charge < -0.3 is 10.4 Å². The third-order valence-corrected chi connectivity index (χ3v) is 5.23. The predicted molar refractivity (Wildman–Crippen MR) is 98.9 cm³/mol. The van der Waals surface area contributed by atoms with Gasteiger partial charge in [0.1, 0.15) is 0 Å². The molecule has 0 aliphatic carbocycles. The van der Waals surface area contributed by atoms with E-state index in [0.29, 0.717) is 16.7 Å². The Morgan fingerprint density at radius 2 is 1.97 bits per heavy atom. The number of hydrogen-bond acceptors (Lipinski definition) is 4. The average Bonchev–Trinajstić information content (AvgIpc) is 3.11. The number of carbonyl (C=O) groups excluding carboxylic acids is 1. The van der Waals surface area contributed by atoms with Crippen molar-refractivity contribution in [3.05, 3.63) is 65.4 Å². The Morgan fingerprint density at radius 1 is 1.20 bits per heavy atom. The van der Waals surface area contributed by atoms with Crippen LogP contribution in [0.1, 0.15) is 36.1 Å². The number of rotatable bonds is 3. The summed E-state index contributed by atoms with van der Waals surface area (Å²) in [5.41, 5.74) is -1.84. The van der Waals surface area contributed by atoms with Gasteiger partial charge in [0.05, 0.1) is 17.7 Å². The quantitative estimate of drug-likeness (QED) is 0.443. The lowest BCUT2D eigenvalue weighted by atomic mass is 9.82. The lowest BCUT2D eigenvalue weighted by Crippen LogP contribution is -2.48. The van der Waals surface area contributed by atoms with Gasteiger partial charge in [0, 0.05) is 17.7 Å². The average molecular weight is 420 g/mol. The molecule has 2 atom stereocenters. The minimum Gasteiger partial charge on any atom is -0.376 e. The van der Waals surface area contributed by atoms with Crippen molar-refractivity contribution in [2.75, 3.05) is 5.32 Å². The van der Waals surface area contributed by atoms with Crippen LogP contribution in [0.5, 0.6) is 0 Å². The van der Waals surface area contributed by atoms with E-state index in [1.54, 1.807) is 37.3 Å². The van der Waals surface area contributed by atoms with Gasteiger partial charge in [-0.25, -0.2) is 4.98 Å². The van der Waals surface area contributed by atoms with E-state index in [4.69, 9.17) is 0 Å². The fourth-order valence-corrected chi connectivity index (χ4v) is 3.62. The normalized spacial score (nSPS) is 19.9. The van der Waals surface area contributed by atoms with E-state index in [2.05, 4.69) is 20.5 Å². The minimum absolute atomic E-state index is 0.0409. The molecule has 0 fully saturated rings. The second-order valence-corrected chi connectivity index (χ2v) is 7.16. The van der Waals surface area contributed by atoms with E-state index in [-0.39, 0.29) is 11.5 Å². The van der Waals surface area contributed by atoms with Crippen molar-refractivity contribution >= 4 is 11.7 Å². The number of fused-ring (bicyclic) bond motifs is 1. The molecule has 0 radical (unpaired) electrons. The van der Waals surface area contributed by atoms with Crippen LogP contribution in [0, 0.1) is 5.95 Å². The maximum atomic E-state index is 13.7. The summed E-state index contributed by atoms with van der Waals surface area (Å²) in [5, 5.41) is 19.1. The molecule has 0 saturated heterocycles. The number of nitrogens with zero attached hydrogens (tertiary/aromatic N) is 2. The fraction of sp³-hybridized carbons (Fsp3) is 0.250. The van der Waals surface area contributed by atoms with Crippen LogP contribution < -0.4 is 5.32 Å². The molecule has 0 saturated carbocycles. The van der Waals surface area contributed by atoms with Gasteiger partial charge in [-0.1, -0.05) is 31.2 Å². The van der Waals surface area contributed by atoms with E-state index >= 15 is 0 Å². The number of hydrogen-bond donors (Lipinski definition) is 3. The molecular weight excluding hydrogens is 404 g/mol. The Balaban J connectivity index is 1.78. The molecule has 156 valence electrons. The highest BCUT2D eigenvalue weighted by Gasteiger charge is 2.60. The second kappa shape index (κ2) is 6.91. The predicted octanol–water partition coefficient (Wildman–Crippen LogP) is 3.85. The topological polar surface area (TPSA) is 90.9 Å². The van der Waals surface area contributed by atoms with E-state index < -0.39 is 41.5 Å². The number of pyridine rings is 1. The number of H-pyrrole nitrogens is 1. The second-order valence-electron chi connectivity index (χ2n) is 7.16. The van der Waals surface area contributed by atoms with Gasteiger partial charge >= 0.3 is 6.18 Å². The number of nitrogens with one attached hydrogen (secondary N) is 2. The highest BCUT2D eigenvalue weighted by Crippen LogP contribution is 2.49. The van der Waals surface area contributed by atoms with Crippen LogP contribution in [-0.4, -0.2) is 32.4 Å². The van der Waals surface area contributed by atoms with Crippen LogP contribution in [0.3, 0.4) is 0 Å². The van der Waals surface area contributed by atoms with Crippen molar-refractivity contribution in [3.63, 3.8) is 0 Å². The zero-order valence-corrected chi connectivity index (χ0v) is 15.6. The smallest absolute Gasteiger partial charge is 0.376 e. The summed E-state index contributed by atoms with van der Waals surface area (Å²) in [6.45, 7) is 1.66. The van der Waals surface area contributed by atoms with Crippen LogP contribution in [-0.2, 0) is 10.4 Å². The number of anilines is 1. The maximum absolute atomic E-state index is 13.7. The number of aromatic amines is 1. The first-order valence-electron chi connectivity index (χ1n) is 9.00. The number of amides is 1. The molecule has 10 heteroatoms. The summed E-state index contributed by atoms with van der Waals surface area (Å²) < 4.78 is 54.2. The van der Waals surface area contributed by atoms with Gasteiger partial charge in [-0.2, -0.15) is 22.7 Å². The zero-order chi connectivity index (χ0) is 21.7. The molecule has 1 aliphatic rings. The number of aromatic nitrogens is 3. The van der Waals surface area contributed by atoms with Crippen LogP contribution in [0.25, 0.3) is 11.1 Å². The Hall–Kier alpha value is -3.27. The Morgan fingerprint density at radius 3 is 2.63 bits per heavy atom. The van der Waals surface area contributed by atoms with Crippen LogP contribution in [0.4, 0.5) is 23.4 Å². The summed E-state index contributed by atoms with van der Waals surface area (Å²) in [7, 11) is 0. The largest absolute Gasteiger partial charge is 0.422 e. The van der Waals surface area contributed by atoms with Crippen LogP contribution in [0.2, 0.25) is 0 Å². The van der Waals surface area contributed by atoms with E-state index in [9.17, 15) is 27.5 Å². The molecular formula is C20H16F4N4O2. The highest BCUT2D eigenvalue weighted by molar-refractivity contribution is 5.94. The van der Waals surface area contributed by atoms with Crippen molar-refractivity contribution < 1.29 is 27.5 Å². The summed E-state index contributed by atoms with van der Waals surface area (Å²) in [5.74, 6) is -2.56. The lowest BCUT2D eigenvalue weighted by molar-refractivity contribution is -0.267. The summed E-state index contributed by atoms with van der Waals surface area (Å²) in [6.07, 6.45) is -4.86. The van der Waals surface area contributed by atoms with Gasteiger partial charge in [0.2, 0.25) is 11.9 Å². The van der Waals surface area contributed by atoms with E-state index in [1.165, 1.54) is 12.3 Å². The molecule has 6 nitrogen and oxygen atoms in total. The molecule has 3 N–H and O–H groups in total. The molecule has 30 heavy (non-hydrogen) atoms. The minimum atomic E-state index is -5.07. The first kappa shape index (κ1) is 20.0. The standard InChI is InChI=1S/C20H16F4N4O2/c1-10(11-3-2-4-12(7-11)13-5-6-14(21)25-9-13)17-16-18(28-27-17)26-15(29)8-19(16,30)20(22,23)24/h2-7,9-10,30H,8H2,1H3,(H2,26,27,28,29). The van der Waals surface area contributed by atoms with Gasteiger partial charge in [-0.15, -0.1) is 0 Å². The van der Waals surface area contributed by atoms with Gasteiger partial charge in [0.25, 0.3) is 0 Å². The third-order valence-electron chi connectivity index (χ3n) is 5.23. The van der Waals surface area contributed by atoms with Crippen LogP contribution >= 0.6 is 0 Å². The van der Waals surface area contributed by atoms with E-state index in [0.717, 1.165) is 0 Å². The van der Waals surface area contributed by atoms with Gasteiger partial charge in [-0.3, -0.25) is 9.89 Å². The summed E-state index contributed by atoms with van der Waals surface area (Å²) in [4.78, 5) is 15.3. The SMILES string of the molecule is CC(c1cccc(-c2ccc(F)nc2)c1)c1[nH]nc2c1C(O)(C(F)(F)F)CC(=O)N2. The highest BCUT2D eigenvalue weighted by atomic mass is 19.4. The number of aliphatic hydroxyl groups is 1. The molecule has 2 aromatic heterocycles. The molecule has 4 rings (SSSR count). The zero-order valence-electron chi connectivity index (χ0n) is 15.6. The lowest BCUT2D eigenvalue weighted by Gasteiger charge is -2.34. The van der Waals surface area contributed by atoms with Crippen molar-refractivity contribution in [2.24, 2.45) is 0 Å². The Labute approximate surface area is 168 Å². The maximum Gasteiger partial charge on any atom is 0.422 e. The van der Waals surface area contributed by atoms with Crippen LogP contribution in [0.15, 0.2) is 42.6 Å². The molecule has 0 bridgehead atoms. The molecule has 3 aromatic rings. The van der Waals surface area contributed by atoms with Gasteiger partial charge in [-0.05, 0) is 23.3 Å². The number of halogens is 4. The Kier molecular flexibility index (Phi) is 4.61. The van der Waals surface area contributed by atoms with Crippen molar-refractivity contribution in [1.82, 2.24) is 15.2 Å². The fourth-order valence-electron chi connectivity index (χ4n) is 3.62. The third kappa shape index (κ3) is 3.22. The molecule has 0 spiro atoms. The monoisotopic (exact) mass is 420 g/mol. The first-order valence-corrected chi connectivity index (χ1v) is 9.00. The van der Waals surface area contributed by atoms with Gasteiger partial charge in [0.15, 0.2) is 11.4 Å². The number of benzene rings is 1. The van der Waals surface area contributed by atoms with Crippen molar-refractivity contribution in [3.8, 4) is 11.1 Å². The van der Waals surface area contributed by atoms with E-state index in [1.807, 2.05) is 0 Å². The van der Waals surface area contributed by atoms with Crippen molar-refractivity contribution in [1.29, 1.82) is 0 Å². The first-order chi connectivity index (χ1) is 14.1. The summed E-state index contributed by atoms with van der Waals surface area (Å²) in [6, 6.07) is 9.68. The summed E-state index contributed by atoms with van der Waals surface area (Å²) >= 11 is 0. The van der Waals surface area contributed by atoms with Crippen molar-refractivity contribution in [2.45, 2.75) is 31.0 Å². The molecule has 1 aliphatic heterocycles. The molecule has 3 heterocycles. The molecule has 1 amide bonds. The number of carbonyl (C=O) groups is 1. The molecule has 1 aromatic carbocycles. The molecule has 2 unspecified atom stereocenters. The Bertz CT molecular complexity index is 1110.